The summed E-state index contributed by atoms with van der Waals surface area (Å²) in [6, 6.07) is 5.11. The lowest BCUT2D eigenvalue weighted by molar-refractivity contribution is -0.118. The molecule has 3 atom stereocenters. The summed E-state index contributed by atoms with van der Waals surface area (Å²) in [6.07, 6.45) is 0. The SMILES string of the molecule is CC(=O)Nc1ccc(S(=O)(=O)[C@H]2CS(=O)(=O)C[C@@H]2N[C@@H](C)C(=O)Nc2cc(C)on2)cc1. The normalized spacial score (nSPS) is 21.1. The summed E-state index contributed by atoms with van der Waals surface area (Å²) in [5, 5.41) is 10.3. The number of aromatic nitrogens is 1. The van der Waals surface area contributed by atoms with Gasteiger partial charge in [0.2, 0.25) is 11.8 Å². The Morgan fingerprint density at radius 1 is 1.16 bits per heavy atom. The van der Waals surface area contributed by atoms with Crippen molar-refractivity contribution in [2.75, 3.05) is 22.1 Å². The van der Waals surface area contributed by atoms with Gasteiger partial charge in [-0.1, -0.05) is 5.16 Å². The van der Waals surface area contributed by atoms with E-state index in [2.05, 4.69) is 21.1 Å². The van der Waals surface area contributed by atoms with Crippen LogP contribution in [0, 0.1) is 6.92 Å². The maximum Gasteiger partial charge on any atom is 0.242 e. The van der Waals surface area contributed by atoms with Gasteiger partial charge in [-0.3, -0.25) is 9.59 Å². The third kappa shape index (κ3) is 5.53. The molecule has 0 bridgehead atoms. The summed E-state index contributed by atoms with van der Waals surface area (Å²) in [7, 11) is -7.69. The topological polar surface area (TPSA) is 165 Å². The van der Waals surface area contributed by atoms with Gasteiger partial charge in [0.25, 0.3) is 0 Å². The zero-order valence-corrected chi connectivity index (χ0v) is 19.3. The molecule has 1 aliphatic rings. The molecule has 0 spiro atoms. The molecule has 0 radical (unpaired) electrons. The molecule has 32 heavy (non-hydrogen) atoms. The molecule has 1 aliphatic heterocycles. The third-order valence-corrected chi connectivity index (χ3v) is 9.11. The number of amides is 2. The number of nitrogens with zero attached hydrogens (tertiary/aromatic N) is 1. The molecule has 0 saturated carbocycles. The Morgan fingerprint density at radius 2 is 1.81 bits per heavy atom. The molecule has 1 aromatic carbocycles. The number of nitrogens with one attached hydrogen (secondary N) is 3. The highest BCUT2D eigenvalue weighted by Crippen LogP contribution is 2.27. The minimum atomic E-state index is -4.04. The lowest BCUT2D eigenvalue weighted by atomic mass is 10.2. The first-order chi connectivity index (χ1) is 14.9. The summed E-state index contributed by atoms with van der Waals surface area (Å²) in [5.41, 5.74) is 0.415. The zero-order valence-electron chi connectivity index (χ0n) is 17.7. The van der Waals surface area contributed by atoms with E-state index >= 15 is 0 Å². The van der Waals surface area contributed by atoms with Crippen molar-refractivity contribution >= 4 is 43.0 Å². The van der Waals surface area contributed by atoms with E-state index in [1.54, 1.807) is 6.92 Å². The zero-order chi connectivity index (χ0) is 23.7. The second kappa shape index (κ2) is 9.00. The van der Waals surface area contributed by atoms with Gasteiger partial charge in [0, 0.05) is 24.7 Å². The van der Waals surface area contributed by atoms with Crippen LogP contribution in [0.25, 0.3) is 0 Å². The van der Waals surface area contributed by atoms with Gasteiger partial charge in [0.05, 0.1) is 27.7 Å². The first-order valence-corrected chi connectivity index (χ1v) is 13.1. The van der Waals surface area contributed by atoms with Gasteiger partial charge >= 0.3 is 0 Å². The summed E-state index contributed by atoms with van der Waals surface area (Å²) in [5.74, 6) is -1.10. The van der Waals surface area contributed by atoms with Gasteiger partial charge in [-0.2, -0.15) is 0 Å². The minimum Gasteiger partial charge on any atom is -0.360 e. The van der Waals surface area contributed by atoms with E-state index < -0.39 is 54.4 Å². The van der Waals surface area contributed by atoms with Gasteiger partial charge in [-0.05, 0) is 38.1 Å². The number of rotatable bonds is 7. The highest BCUT2D eigenvalue weighted by Gasteiger charge is 2.46. The van der Waals surface area contributed by atoms with E-state index in [0.717, 1.165) is 0 Å². The van der Waals surface area contributed by atoms with Crippen LogP contribution in [0.1, 0.15) is 19.6 Å². The summed E-state index contributed by atoms with van der Waals surface area (Å²) >= 11 is 0. The Bertz CT molecular complexity index is 1220. The van der Waals surface area contributed by atoms with Gasteiger partial charge in [-0.15, -0.1) is 0 Å². The smallest absolute Gasteiger partial charge is 0.242 e. The molecule has 2 amide bonds. The molecule has 0 unspecified atom stereocenters. The molecule has 174 valence electrons. The van der Waals surface area contributed by atoms with Crippen LogP contribution in [-0.4, -0.2) is 62.6 Å². The first kappa shape index (κ1) is 23.9. The van der Waals surface area contributed by atoms with E-state index in [4.69, 9.17) is 4.52 Å². The molecular weight excluding hydrogens is 460 g/mol. The molecule has 1 saturated heterocycles. The number of hydrogen-bond acceptors (Lipinski definition) is 9. The van der Waals surface area contributed by atoms with Crippen molar-refractivity contribution in [3.05, 3.63) is 36.1 Å². The molecule has 3 N–H and O–H groups in total. The third-order valence-electron chi connectivity index (χ3n) is 4.94. The van der Waals surface area contributed by atoms with Crippen molar-refractivity contribution in [1.82, 2.24) is 10.5 Å². The number of aryl methyl sites for hydroxylation is 1. The van der Waals surface area contributed by atoms with Gasteiger partial charge < -0.3 is 20.5 Å². The highest BCUT2D eigenvalue weighted by atomic mass is 32.2. The van der Waals surface area contributed by atoms with Crippen molar-refractivity contribution in [3.8, 4) is 0 Å². The summed E-state index contributed by atoms with van der Waals surface area (Å²) in [4.78, 5) is 23.5. The monoisotopic (exact) mass is 484 g/mol. The van der Waals surface area contributed by atoms with Crippen molar-refractivity contribution in [2.24, 2.45) is 0 Å². The number of sulfone groups is 2. The maximum absolute atomic E-state index is 13.2. The second-order valence-electron chi connectivity index (χ2n) is 7.67. The minimum absolute atomic E-state index is 0.0734. The molecule has 11 nitrogen and oxygen atoms in total. The van der Waals surface area contributed by atoms with Crippen LogP contribution in [0.3, 0.4) is 0 Å². The highest BCUT2D eigenvalue weighted by molar-refractivity contribution is 7.96. The number of benzene rings is 1. The standard InChI is InChI=1S/C19H24N4O7S2/c1-11-8-18(23-30-11)22-19(25)12(2)20-16-9-31(26,27)10-17(16)32(28,29)15-6-4-14(5-7-15)21-13(3)24/h4-8,12,16-17,20H,9-10H2,1-3H3,(H,21,24)(H,22,23,25)/t12-,16-,17-/m0/s1. The predicted molar refractivity (Wildman–Crippen MR) is 117 cm³/mol. The molecule has 1 aromatic heterocycles. The van der Waals surface area contributed by atoms with Gasteiger partial charge in [0.1, 0.15) is 5.76 Å². The van der Waals surface area contributed by atoms with Crippen molar-refractivity contribution in [1.29, 1.82) is 0 Å². The van der Waals surface area contributed by atoms with Crippen LogP contribution >= 0.6 is 0 Å². The quantitative estimate of drug-likeness (QED) is 0.507. The fraction of sp³-hybridized carbons (Fsp3) is 0.421. The Kier molecular flexibility index (Phi) is 6.72. The summed E-state index contributed by atoms with van der Waals surface area (Å²) < 4.78 is 55.8. The molecule has 13 heteroatoms. The van der Waals surface area contributed by atoms with Gasteiger partial charge in [0.15, 0.2) is 25.5 Å². The fourth-order valence-electron chi connectivity index (χ4n) is 3.44. The summed E-state index contributed by atoms with van der Waals surface area (Å²) in [6.45, 7) is 4.48. The Morgan fingerprint density at radius 3 is 2.38 bits per heavy atom. The Balaban J connectivity index is 1.78. The van der Waals surface area contributed by atoms with Gasteiger partial charge in [-0.25, -0.2) is 16.8 Å². The average Bonchev–Trinajstić information content (AvgIpc) is 3.23. The molecule has 2 aromatic rings. The van der Waals surface area contributed by atoms with Crippen LogP contribution < -0.4 is 16.0 Å². The maximum atomic E-state index is 13.2. The van der Waals surface area contributed by atoms with Crippen molar-refractivity contribution in [2.45, 2.75) is 43.0 Å². The van der Waals surface area contributed by atoms with Crippen molar-refractivity contribution < 1.29 is 30.9 Å². The van der Waals surface area contributed by atoms with Crippen LogP contribution in [0.15, 0.2) is 39.8 Å². The molecule has 0 aliphatic carbocycles. The number of carbonyl (C=O) groups excluding carboxylic acids is 2. The first-order valence-electron chi connectivity index (χ1n) is 9.69. The number of hydrogen-bond donors (Lipinski definition) is 3. The van der Waals surface area contributed by atoms with Crippen LogP contribution in [0.4, 0.5) is 11.5 Å². The van der Waals surface area contributed by atoms with Crippen molar-refractivity contribution in [3.63, 3.8) is 0 Å². The number of anilines is 2. The fourth-order valence-corrected chi connectivity index (χ4v) is 8.12. The Hall–Kier alpha value is -2.77. The van der Waals surface area contributed by atoms with Crippen LogP contribution in [0.5, 0.6) is 0 Å². The number of carbonyl (C=O) groups is 2. The Labute approximate surface area is 185 Å². The largest absolute Gasteiger partial charge is 0.360 e. The second-order valence-corrected chi connectivity index (χ2v) is 12.0. The molecule has 2 heterocycles. The predicted octanol–water partition coefficient (Wildman–Crippen LogP) is 0.498. The molecule has 1 fully saturated rings. The van der Waals surface area contributed by atoms with Crippen LogP contribution in [0.2, 0.25) is 0 Å². The molecular formula is C19H24N4O7S2. The van der Waals surface area contributed by atoms with E-state index in [0.29, 0.717) is 11.4 Å². The molecule has 3 rings (SSSR count). The average molecular weight is 485 g/mol. The van der Waals surface area contributed by atoms with E-state index in [1.807, 2.05) is 0 Å². The lowest BCUT2D eigenvalue weighted by Crippen LogP contribution is -2.50. The van der Waals surface area contributed by atoms with E-state index in [9.17, 15) is 26.4 Å². The van der Waals surface area contributed by atoms with E-state index in [-0.39, 0.29) is 16.6 Å². The van der Waals surface area contributed by atoms with E-state index in [1.165, 1.54) is 44.2 Å². The van der Waals surface area contributed by atoms with Crippen LogP contribution in [-0.2, 0) is 29.3 Å². The lowest BCUT2D eigenvalue weighted by Gasteiger charge is -2.23.